The van der Waals surface area contributed by atoms with Gasteiger partial charge in [0.2, 0.25) is 0 Å². The van der Waals surface area contributed by atoms with Crippen LogP contribution < -0.4 is 5.59 Å². The van der Waals surface area contributed by atoms with E-state index < -0.39 is 18.3 Å². The Balaban J connectivity index is 1.89. The highest BCUT2D eigenvalue weighted by Crippen LogP contribution is 2.36. The molecule has 110 valence electrons. The van der Waals surface area contributed by atoms with E-state index in [0.29, 0.717) is 16.2 Å². The second kappa shape index (κ2) is 4.90. The molecular weight excluding hydrogens is 288 g/mol. The largest absolute Gasteiger partial charge is 0.515 e. The van der Waals surface area contributed by atoms with Crippen molar-refractivity contribution in [1.82, 2.24) is 4.98 Å². The number of halogens is 1. The summed E-state index contributed by atoms with van der Waals surface area (Å²) in [5.41, 5.74) is 0.390. The van der Waals surface area contributed by atoms with Crippen LogP contribution in [0.4, 0.5) is 4.39 Å². The number of hydrogen-bond donors (Lipinski definition) is 0. The Morgan fingerprint density at radius 1 is 1.10 bits per heavy atom. The van der Waals surface area contributed by atoms with Crippen LogP contribution in [0.15, 0.2) is 29.6 Å². The van der Waals surface area contributed by atoms with E-state index in [4.69, 9.17) is 9.31 Å². The standard InChI is InChI=1S/C15H17BFNO2S/c1-14(2)15(3,4)20-16(19-14)12-9-21-13(18-12)10-7-5-6-8-11(10)17/h5-9H,1-4H3. The SMILES string of the molecule is CC1(C)OB(c2csc(-c3ccccc3F)n2)OC1(C)C. The summed E-state index contributed by atoms with van der Waals surface area (Å²) < 4.78 is 25.7. The van der Waals surface area contributed by atoms with Crippen LogP contribution in [0, 0.1) is 5.82 Å². The minimum atomic E-state index is -0.508. The molecule has 0 unspecified atom stereocenters. The van der Waals surface area contributed by atoms with Crippen molar-refractivity contribution < 1.29 is 13.7 Å². The monoisotopic (exact) mass is 305 g/mol. The summed E-state index contributed by atoms with van der Waals surface area (Å²) >= 11 is 1.39. The number of nitrogens with zero attached hydrogens (tertiary/aromatic N) is 1. The van der Waals surface area contributed by atoms with E-state index in [2.05, 4.69) is 4.98 Å². The molecule has 1 aromatic carbocycles. The number of hydrogen-bond acceptors (Lipinski definition) is 4. The Morgan fingerprint density at radius 3 is 2.33 bits per heavy atom. The van der Waals surface area contributed by atoms with Crippen molar-refractivity contribution in [1.29, 1.82) is 0 Å². The van der Waals surface area contributed by atoms with Crippen molar-refractivity contribution in [3.8, 4) is 10.6 Å². The summed E-state index contributed by atoms with van der Waals surface area (Å²) in [5.74, 6) is -0.271. The van der Waals surface area contributed by atoms with Crippen LogP contribution in [0.5, 0.6) is 0 Å². The van der Waals surface area contributed by atoms with Crippen molar-refractivity contribution in [2.45, 2.75) is 38.9 Å². The van der Waals surface area contributed by atoms with Gasteiger partial charge in [0.1, 0.15) is 10.8 Å². The van der Waals surface area contributed by atoms with Gasteiger partial charge in [-0.1, -0.05) is 12.1 Å². The van der Waals surface area contributed by atoms with Gasteiger partial charge in [-0.15, -0.1) is 11.3 Å². The molecule has 3 nitrogen and oxygen atoms in total. The third kappa shape index (κ3) is 2.52. The van der Waals surface area contributed by atoms with Gasteiger partial charge in [-0.25, -0.2) is 9.37 Å². The molecule has 0 radical (unpaired) electrons. The Bertz CT molecular complexity index is 655. The first-order valence-electron chi connectivity index (χ1n) is 6.86. The Morgan fingerprint density at radius 2 is 1.71 bits per heavy atom. The normalized spacial score (nSPS) is 20.0. The number of rotatable bonds is 2. The minimum Gasteiger partial charge on any atom is -0.398 e. The highest BCUT2D eigenvalue weighted by molar-refractivity contribution is 7.14. The van der Waals surface area contributed by atoms with Gasteiger partial charge in [0.05, 0.1) is 16.8 Å². The maximum atomic E-state index is 13.8. The van der Waals surface area contributed by atoms with Gasteiger partial charge in [0, 0.05) is 10.9 Å². The third-order valence-electron chi connectivity index (χ3n) is 4.12. The van der Waals surface area contributed by atoms with Crippen LogP contribution in [0.1, 0.15) is 27.7 Å². The lowest BCUT2D eigenvalue weighted by molar-refractivity contribution is 0.00578. The van der Waals surface area contributed by atoms with Crippen LogP contribution in [0.2, 0.25) is 0 Å². The average molecular weight is 305 g/mol. The molecule has 0 N–H and O–H groups in total. The van der Waals surface area contributed by atoms with E-state index in [1.165, 1.54) is 17.4 Å². The first kappa shape index (κ1) is 14.7. The third-order valence-corrected chi connectivity index (χ3v) is 5.01. The van der Waals surface area contributed by atoms with E-state index in [0.717, 1.165) is 0 Å². The van der Waals surface area contributed by atoms with Crippen LogP contribution in [-0.2, 0) is 9.31 Å². The van der Waals surface area contributed by atoms with Crippen molar-refractivity contribution in [2.24, 2.45) is 0 Å². The van der Waals surface area contributed by atoms with Gasteiger partial charge in [-0.05, 0) is 39.8 Å². The summed E-state index contributed by atoms with van der Waals surface area (Å²) in [6.07, 6.45) is 0. The van der Waals surface area contributed by atoms with Gasteiger partial charge in [0.15, 0.2) is 0 Å². The highest BCUT2D eigenvalue weighted by atomic mass is 32.1. The zero-order valence-corrected chi connectivity index (χ0v) is 13.3. The zero-order valence-electron chi connectivity index (χ0n) is 12.5. The average Bonchev–Trinajstić information content (AvgIpc) is 2.94. The van der Waals surface area contributed by atoms with Crippen LogP contribution in [0.25, 0.3) is 10.6 Å². The van der Waals surface area contributed by atoms with E-state index in [1.807, 2.05) is 33.1 Å². The van der Waals surface area contributed by atoms with Gasteiger partial charge in [-0.2, -0.15) is 0 Å². The molecule has 3 rings (SSSR count). The molecule has 1 fully saturated rings. The quantitative estimate of drug-likeness (QED) is 0.798. The molecule has 0 atom stereocenters. The molecule has 0 bridgehead atoms. The lowest BCUT2D eigenvalue weighted by Crippen LogP contribution is -2.41. The molecule has 1 aromatic heterocycles. The van der Waals surface area contributed by atoms with Gasteiger partial charge < -0.3 is 9.31 Å². The van der Waals surface area contributed by atoms with Gasteiger partial charge in [0.25, 0.3) is 0 Å². The lowest BCUT2D eigenvalue weighted by atomic mass is 9.86. The van der Waals surface area contributed by atoms with E-state index in [-0.39, 0.29) is 5.82 Å². The van der Waals surface area contributed by atoms with Crippen molar-refractivity contribution in [3.05, 3.63) is 35.5 Å². The molecule has 0 spiro atoms. The van der Waals surface area contributed by atoms with Crippen LogP contribution in [-0.4, -0.2) is 23.3 Å². The first-order chi connectivity index (χ1) is 9.80. The molecular formula is C15H17BFNO2S. The lowest BCUT2D eigenvalue weighted by Gasteiger charge is -2.32. The smallest absolute Gasteiger partial charge is 0.398 e. The second-order valence-electron chi connectivity index (χ2n) is 6.15. The molecule has 0 amide bonds. The summed E-state index contributed by atoms with van der Waals surface area (Å²) in [4.78, 5) is 4.48. The summed E-state index contributed by atoms with van der Waals surface area (Å²) in [5, 5.41) is 2.50. The number of benzene rings is 1. The predicted molar refractivity (Wildman–Crippen MR) is 83.2 cm³/mol. The van der Waals surface area contributed by atoms with E-state index in [9.17, 15) is 4.39 Å². The molecule has 6 heteroatoms. The molecule has 1 aliphatic rings. The zero-order chi connectivity index (χ0) is 15.3. The van der Waals surface area contributed by atoms with Crippen LogP contribution >= 0.6 is 11.3 Å². The van der Waals surface area contributed by atoms with Gasteiger partial charge in [-0.3, -0.25) is 0 Å². The number of aromatic nitrogens is 1. The van der Waals surface area contributed by atoms with Crippen molar-refractivity contribution in [3.63, 3.8) is 0 Å². The molecule has 1 aliphatic heterocycles. The predicted octanol–water partition coefficient (Wildman–Crippen LogP) is 3.25. The Labute approximate surface area is 128 Å². The fourth-order valence-electron chi connectivity index (χ4n) is 2.12. The summed E-state index contributed by atoms with van der Waals surface area (Å²) in [6, 6.07) is 6.63. The fourth-order valence-corrected chi connectivity index (χ4v) is 2.96. The molecule has 2 aromatic rings. The maximum absolute atomic E-state index is 13.8. The van der Waals surface area contributed by atoms with Gasteiger partial charge >= 0.3 is 7.12 Å². The van der Waals surface area contributed by atoms with E-state index in [1.54, 1.807) is 18.2 Å². The first-order valence-corrected chi connectivity index (χ1v) is 7.74. The van der Waals surface area contributed by atoms with Crippen molar-refractivity contribution >= 4 is 24.0 Å². The maximum Gasteiger partial charge on any atom is 0.515 e. The molecule has 2 heterocycles. The molecule has 0 saturated carbocycles. The summed E-state index contributed by atoms with van der Waals surface area (Å²) in [6.45, 7) is 7.99. The van der Waals surface area contributed by atoms with Crippen LogP contribution in [0.3, 0.4) is 0 Å². The fraction of sp³-hybridized carbons (Fsp3) is 0.400. The molecule has 0 aliphatic carbocycles. The Hall–Kier alpha value is -1.24. The minimum absolute atomic E-state index is 0.271. The molecule has 1 saturated heterocycles. The molecule has 21 heavy (non-hydrogen) atoms. The highest BCUT2D eigenvalue weighted by Gasteiger charge is 2.52. The number of thiazole rings is 1. The van der Waals surface area contributed by atoms with Crippen molar-refractivity contribution in [2.75, 3.05) is 0 Å². The van der Waals surface area contributed by atoms with E-state index >= 15 is 0 Å². The summed E-state index contributed by atoms with van der Waals surface area (Å²) in [7, 11) is -0.508. The Kier molecular flexibility index (Phi) is 3.43. The topological polar surface area (TPSA) is 31.4 Å². The second-order valence-corrected chi connectivity index (χ2v) is 7.00.